The van der Waals surface area contributed by atoms with E-state index in [0.29, 0.717) is 24.3 Å². The number of hydrogen-bond donors (Lipinski definition) is 0. The van der Waals surface area contributed by atoms with Crippen molar-refractivity contribution in [3.63, 3.8) is 0 Å². The Morgan fingerprint density at radius 1 is 0.190 bits per heavy atom. The minimum Gasteiger partial charge on any atom is -0.200 e. The first-order valence-electron chi connectivity index (χ1n) is 20.3. The third-order valence-corrected chi connectivity index (χ3v) is 20.1. The molecule has 0 nitrogen and oxygen atoms in total. The Kier molecular flexibility index (Phi) is 17.7. The van der Waals surface area contributed by atoms with Crippen LogP contribution in [-0.2, 0) is 0 Å². The zero-order chi connectivity index (χ0) is 65.1. The molecule has 6 aromatic carbocycles. The van der Waals surface area contributed by atoms with Crippen molar-refractivity contribution in [2.45, 2.75) is 47.4 Å². The van der Waals surface area contributed by atoms with Gasteiger partial charge in [-0.1, -0.05) is 36.4 Å². The molecule has 460 valence electrons. The summed E-state index contributed by atoms with van der Waals surface area (Å²) in [4.78, 5) is 0. The minimum atomic E-state index is -9.74. The highest BCUT2D eigenvalue weighted by molar-refractivity contribution is 7.97. The summed E-state index contributed by atoms with van der Waals surface area (Å²) in [6, 6.07) is 6.71. The predicted octanol–water partition coefficient (Wildman–Crippen LogP) is 15.6. The van der Waals surface area contributed by atoms with Crippen molar-refractivity contribution in [3.05, 3.63) is 177 Å². The molecule has 84 heavy (non-hydrogen) atoms. The van der Waals surface area contributed by atoms with E-state index in [0.717, 1.165) is 36.4 Å². The summed E-state index contributed by atoms with van der Waals surface area (Å²) < 4.78 is 547. The molecule has 0 aromatic heterocycles. The summed E-state index contributed by atoms with van der Waals surface area (Å²) in [6.45, 7) is 0. The summed E-state index contributed by atoms with van der Waals surface area (Å²) in [6.07, 6.45) is -15.5. The summed E-state index contributed by atoms with van der Waals surface area (Å²) in [5.41, 5.74) is -15.6. The Balaban J connectivity index is 0.000000316. The third kappa shape index (κ3) is 9.20. The van der Waals surface area contributed by atoms with Gasteiger partial charge < -0.3 is 0 Å². The average Bonchev–Trinajstić information content (AvgIpc) is 1.69. The van der Waals surface area contributed by atoms with E-state index in [4.69, 9.17) is 0 Å². The Morgan fingerprint density at radius 3 is 0.524 bits per heavy atom. The van der Waals surface area contributed by atoms with Crippen molar-refractivity contribution in [1.29, 1.82) is 0 Å². The smallest absolute Gasteiger partial charge is 0.200 e. The van der Waals surface area contributed by atoms with Crippen LogP contribution in [0.3, 0.4) is 0 Å². The van der Waals surface area contributed by atoms with E-state index in [1.165, 1.54) is 0 Å². The quantitative estimate of drug-likeness (QED) is 0.0496. The highest BCUT2D eigenvalue weighted by Gasteiger charge is 2.94. The molecule has 0 aliphatic rings. The second-order valence-electron chi connectivity index (χ2n) is 16.1. The number of halogens is 38. The van der Waals surface area contributed by atoms with E-state index in [-0.39, 0.29) is 0 Å². The van der Waals surface area contributed by atoms with Crippen LogP contribution in [0.25, 0.3) is 0 Å². The zero-order valence-electron chi connectivity index (χ0n) is 38.0. The van der Waals surface area contributed by atoms with E-state index in [1.54, 1.807) is 0 Å². The number of benzene rings is 6. The molecule has 0 heterocycles. The fourth-order valence-corrected chi connectivity index (χ4v) is 16.4. The summed E-state index contributed by atoms with van der Waals surface area (Å²) in [5, 5.41) is -18.9. The lowest BCUT2D eigenvalue weighted by Gasteiger charge is -2.40. The first kappa shape index (κ1) is 68.3. The lowest BCUT2D eigenvalue weighted by molar-refractivity contribution is -0.382. The molecule has 0 radical (unpaired) electrons. The molecule has 0 N–H and O–H groups in total. The number of rotatable bonds is 12. The van der Waals surface area contributed by atoms with Gasteiger partial charge in [-0.2, -0.15) is 114 Å². The van der Waals surface area contributed by atoms with Crippen LogP contribution in [0.4, 0.5) is 167 Å². The second kappa shape index (κ2) is 21.8. The van der Waals surface area contributed by atoms with Crippen LogP contribution in [0.15, 0.2) is 60.7 Å². The Labute approximate surface area is 437 Å². The molecule has 0 amide bonds. The van der Waals surface area contributed by atoms with Crippen molar-refractivity contribution in [3.8, 4) is 0 Å². The van der Waals surface area contributed by atoms with Crippen LogP contribution >= 0.6 is 14.5 Å². The van der Waals surface area contributed by atoms with Crippen molar-refractivity contribution in [1.82, 2.24) is 0 Å². The van der Waals surface area contributed by atoms with Crippen LogP contribution in [0.2, 0.25) is 0 Å². The highest BCUT2D eigenvalue weighted by atomic mass is 31.2. The van der Waals surface area contributed by atoms with E-state index in [1.807, 2.05) is 0 Å². The molecule has 6 aromatic rings. The molecule has 0 saturated heterocycles. The molecular formula is C44H10F38P2+2. The van der Waals surface area contributed by atoms with Gasteiger partial charge in [0, 0.05) is 0 Å². The van der Waals surface area contributed by atoms with Gasteiger partial charge >= 0.3 is 47.4 Å². The SMILES string of the molecule is Fc1c(F)c(F)c([P+](c2c(F)c(F)c(F)c(F)c2F)(c2c(F)c(F)c(F)c(F)c2F)C(F)(F)C(F)(F)C(F)(F)C(F)(F)F)c(F)c1F.Fc1c(F)c(F)c([P+](c2ccccc2)(c2ccccc2)C(F)(F)C(F)(F)C(F)(F)C(F)(F)F)c(F)c1F. The Bertz CT molecular complexity index is 3230. The van der Waals surface area contributed by atoms with E-state index in [9.17, 15) is 114 Å². The molecule has 0 fully saturated rings. The van der Waals surface area contributed by atoms with Crippen LogP contribution in [-0.4, -0.2) is 47.4 Å². The Hall–Kier alpha value is -6.48. The second-order valence-corrected chi connectivity index (χ2v) is 22.7. The van der Waals surface area contributed by atoms with Crippen LogP contribution < -0.4 is 31.8 Å². The normalized spacial score (nSPS) is 13.6. The maximum absolute atomic E-state index is 16.1. The average molecular weight is 1320 g/mol. The first-order valence-corrected chi connectivity index (χ1v) is 23.9. The maximum atomic E-state index is 16.1. The lowest BCUT2D eigenvalue weighted by Crippen LogP contribution is -2.65. The zero-order valence-corrected chi connectivity index (χ0v) is 39.8. The molecule has 0 spiro atoms. The van der Waals surface area contributed by atoms with Crippen molar-refractivity contribution in [2.75, 3.05) is 0 Å². The van der Waals surface area contributed by atoms with E-state index in [2.05, 4.69) is 0 Å². The third-order valence-electron chi connectivity index (χ3n) is 11.5. The molecule has 0 aliphatic heterocycles. The summed E-state index contributed by atoms with van der Waals surface area (Å²) in [5.74, 6) is -108. The maximum Gasteiger partial charge on any atom is 0.460 e. The Morgan fingerprint density at radius 2 is 0.345 bits per heavy atom. The van der Waals surface area contributed by atoms with Gasteiger partial charge in [-0.25, -0.2) is 52.7 Å². The number of alkyl halides is 18. The van der Waals surface area contributed by atoms with Crippen molar-refractivity contribution >= 4 is 46.4 Å². The van der Waals surface area contributed by atoms with Gasteiger partial charge in [0.2, 0.25) is 124 Å². The van der Waals surface area contributed by atoms with Gasteiger partial charge in [0.15, 0.2) is 28.5 Å². The summed E-state index contributed by atoms with van der Waals surface area (Å²) in [7, 11) is -16.4. The van der Waals surface area contributed by atoms with Crippen LogP contribution in [0.1, 0.15) is 0 Å². The molecule has 0 atom stereocenters. The van der Waals surface area contributed by atoms with Crippen molar-refractivity contribution in [2.24, 2.45) is 0 Å². The highest BCUT2D eigenvalue weighted by Crippen LogP contribution is 2.78. The molecule has 0 saturated carbocycles. The van der Waals surface area contributed by atoms with Gasteiger partial charge in [-0.15, -0.1) is 0 Å². The van der Waals surface area contributed by atoms with Gasteiger partial charge in [0.05, 0.1) is 0 Å². The molecular weight excluding hydrogens is 1310 g/mol. The van der Waals surface area contributed by atoms with Gasteiger partial charge in [-0.05, 0) is 24.3 Å². The summed E-state index contributed by atoms with van der Waals surface area (Å²) >= 11 is 0. The monoisotopic (exact) mass is 1320 g/mol. The van der Waals surface area contributed by atoms with Crippen molar-refractivity contribution < 1.29 is 167 Å². The first-order chi connectivity index (χ1) is 37.9. The topological polar surface area (TPSA) is 0 Å². The standard InChI is InChI=1S/C22F24P.C22H10F14P/c23-1-4(26)10(32)16(11(33)5(1)27)47(17-12(34)6(28)2(24)7(29)13(17)35,18-14(36)8(30)3(25)9(31)15(18)37)22(45,46)20(40,41)19(38,39)21(42,43)44;23-13-14(24)16(26)18(17(27)15(13)25)37(11-7-3-1-4-8-11,12-9-5-2-6-10-12)22(35,36)20(30,31)19(28,29)21(32,33)34/h;1-10H/q2*+1. The number of hydrogen-bond acceptors (Lipinski definition) is 0. The molecule has 0 aliphatic carbocycles. The van der Waals surface area contributed by atoms with Crippen LogP contribution in [0, 0.1) is 116 Å². The molecule has 0 unspecified atom stereocenters. The van der Waals surface area contributed by atoms with E-state index >= 15 is 52.7 Å². The molecule has 6 rings (SSSR count). The van der Waals surface area contributed by atoms with Gasteiger partial charge in [0.25, 0.3) is 0 Å². The predicted molar refractivity (Wildman–Crippen MR) is 211 cm³/mol. The van der Waals surface area contributed by atoms with Gasteiger partial charge in [-0.3, -0.25) is 0 Å². The molecule has 0 bridgehead atoms. The fraction of sp³-hybridized carbons (Fsp3) is 0.182. The largest absolute Gasteiger partial charge is 0.460 e. The lowest BCUT2D eigenvalue weighted by atomic mass is 10.1. The van der Waals surface area contributed by atoms with Gasteiger partial charge in [0.1, 0.15) is 10.6 Å². The molecule has 40 heteroatoms. The van der Waals surface area contributed by atoms with Crippen LogP contribution in [0.5, 0.6) is 0 Å². The fourth-order valence-electron chi connectivity index (χ4n) is 7.64. The minimum absolute atomic E-state index is 0.411. The van der Waals surface area contributed by atoms with E-state index < -0.39 is 210 Å².